The number of urea groups is 1. The monoisotopic (exact) mass is 521 g/mol. The number of benzene rings is 3. The van der Waals surface area contributed by atoms with E-state index in [4.69, 9.17) is 4.74 Å². The van der Waals surface area contributed by atoms with Gasteiger partial charge in [0.15, 0.2) is 0 Å². The molecule has 0 fully saturated rings. The molecule has 0 saturated carbocycles. The summed E-state index contributed by atoms with van der Waals surface area (Å²) in [6.07, 6.45) is 2.27. The molecule has 1 atom stereocenters. The highest BCUT2D eigenvalue weighted by Gasteiger charge is 2.28. The van der Waals surface area contributed by atoms with Crippen LogP contribution in [0.2, 0.25) is 0 Å². The van der Waals surface area contributed by atoms with Gasteiger partial charge in [-0.05, 0) is 47.4 Å². The SMILES string of the molecule is CCCc1ccccc1S(=O)(=O)NC(=O)N[C@@H](Cc1ccccc1)C(=O)N(C)c1ccc2c(c1)CCO2. The van der Waals surface area contributed by atoms with Crippen molar-refractivity contribution in [2.75, 3.05) is 18.6 Å². The van der Waals surface area contributed by atoms with Crippen molar-refractivity contribution in [2.24, 2.45) is 0 Å². The molecular formula is C28H31N3O5S. The van der Waals surface area contributed by atoms with Gasteiger partial charge in [0.2, 0.25) is 5.91 Å². The van der Waals surface area contributed by atoms with Crippen LogP contribution in [0.15, 0.2) is 77.7 Å². The molecule has 0 saturated heterocycles. The maximum absolute atomic E-state index is 13.6. The summed E-state index contributed by atoms with van der Waals surface area (Å²) < 4.78 is 33.7. The Kier molecular flexibility index (Phi) is 8.13. The minimum absolute atomic E-state index is 0.0513. The van der Waals surface area contributed by atoms with Gasteiger partial charge in [-0.15, -0.1) is 0 Å². The molecule has 9 heteroatoms. The van der Waals surface area contributed by atoms with Gasteiger partial charge < -0.3 is 15.0 Å². The van der Waals surface area contributed by atoms with Crippen molar-refractivity contribution >= 4 is 27.6 Å². The number of nitrogens with zero attached hydrogens (tertiary/aromatic N) is 1. The lowest BCUT2D eigenvalue weighted by atomic mass is 10.0. The van der Waals surface area contributed by atoms with Crippen molar-refractivity contribution < 1.29 is 22.7 Å². The molecule has 3 aromatic rings. The highest BCUT2D eigenvalue weighted by molar-refractivity contribution is 7.90. The number of hydrogen-bond donors (Lipinski definition) is 2. The maximum atomic E-state index is 13.6. The van der Waals surface area contributed by atoms with E-state index in [1.54, 1.807) is 31.3 Å². The number of nitrogens with one attached hydrogen (secondary N) is 2. The van der Waals surface area contributed by atoms with Crippen LogP contribution in [0.5, 0.6) is 5.75 Å². The molecule has 4 rings (SSSR count). The average Bonchev–Trinajstić information content (AvgIpc) is 3.36. The number of aryl methyl sites for hydroxylation is 1. The van der Waals surface area contributed by atoms with Crippen LogP contribution in [0.25, 0.3) is 0 Å². The van der Waals surface area contributed by atoms with E-state index in [9.17, 15) is 18.0 Å². The number of rotatable bonds is 9. The quantitative estimate of drug-likeness (QED) is 0.445. The van der Waals surface area contributed by atoms with Crippen LogP contribution in [0.4, 0.5) is 10.5 Å². The van der Waals surface area contributed by atoms with Crippen molar-refractivity contribution in [2.45, 2.75) is 43.5 Å². The van der Waals surface area contributed by atoms with Crippen LogP contribution in [-0.2, 0) is 34.1 Å². The van der Waals surface area contributed by atoms with Gasteiger partial charge in [-0.3, -0.25) is 4.79 Å². The number of carbonyl (C=O) groups is 2. The predicted molar refractivity (Wildman–Crippen MR) is 142 cm³/mol. The second-order valence-electron chi connectivity index (χ2n) is 8.97. The van der Waals surface area contributed by atoms with E-state index < -0.39 is 22.1 Å². The molecule has 1 heterocycles. The van der Waals surface area contributed by atoms with Crippen LogP contribution < -0.4 is 19.7 Å². The van der Waals surface area contributed by atoms with Gasteiger partial charge in [0, 0.05) is 25.6 Å². The summed E-state index contributed by atoms with van der Waals surface area (Å²) in [7, 11) is -2.50. The Balaban J connectivity index is 1.55. The Labute approximate surface area is 217 Å². The van der Waals surface area contributed by atoms with Gasteiger partial charge in [-0.2, -0.15) is 0 Å². The minimum Gasteiger partial charge on any atom is -0.493 e. The topological polar surface area (TPSA) is 105 Å². The number of fused-ring (bicyclic) bond motifs is 1. The fourth-order valence-corrected chi connectivity index (χ4v) is 5.59. The van der Waals surface area contributed by atoms with Gasteiger partial charge in [-0.1, -0.05) is 61.9 Å². The fourth-order valence-electron chi connectivity index (χ4n) is 4.40. The number of amides is 3. The summed E-state index contributed by atoms with van der Waals surface area (Å²) in [4.78, 5) is 28.0. The normalized spacial score (nSPS) is 13.2. The third kappa shape index (κ3) is 6.29. The lowest BCUT2D eigenvalue weighted by Crippen LogP contribution is -2.52. The zero-order valence-corrected chi connectivity index (χ0v) is 21.8. The van der Waals surface area contributed by atoms with Gasteiger partial charge >= 0.3 is 6.03 Å². The van der Waals surface area contributed by atoms with E-state index in [-0.39, 0.29) is 17.2 Å². The van der Waals surface area contributed by atoms with E-state index in [1.807, 2.05) is 49.4 Å². The summed E-state index contributed by atoms with van der Waals surface area (Å²) in [5.41, 5.74) is 3.13. The molecule has 0 bridgehead atoms. The Morgan fingerprint density at radius 3 is 2.51 bits per heavy atom. The Hall–Kier alpha value is -3.85. The Morgan fingerprint density at radius 2 is 1.76 bits per heavy atom. The smallest absolute Gasteiger partial charge is 0.329 e. The summed E-state index contributed by atoms with van der Waals surface area (Å²) >= 11 is 0. The highest BCUT2D eigenvalue weighted by atomic mass is 32.2. The largest absolute Gasteiger partial charge is 0.493 e. The summed E-state index contributed by atoms with van der Waals surface area (Å²) in [6, 6.07) is 19.4. The predicted octanol–water partition coefficient (Wildman–Crippen LogP) is 3.84. The van der Waals surface area contributed by atoms with Gasteiger partial charge in [0.1, 0.15) is 11.8 Å². The van der Waals surface area contributed by atoms with Gasteiger partial charge in [-0.25, -0.2) is 17.9 Å². The van der Waals surface area contributed by atoms with E-state index in [0.29, 0.717) is 24.3 Å². The summed E-state index contributed by atoms with van der Waals surface area (Å²) in [5.74, 6) is 0.429. The zero-order valence-electron chi connectivity index (χ0n) is 20.9. The van der Waals surface area contributed by atoms with E-state index in [0.717, 1.165) is 29.7 Å². The molecule has 0 aromatic heterocycles. The first-order valence-electron chi connectivity index (χ1n) is 12.3. The number of ether oxygens (including phenoxy) is 1. The average molecular weight is 522 g/mol. The van der Waals surface area contributed by atoms with Crippen molar-refractivity contribution in [1.82, 2.24) is 10.0 Å². The number of carbonyl (C=O) groups excluding carboxylic acids is 2. The van der Waals surface area contributed by atoms with Gasteiger partial charge in [0.25, 0.3) is 10.0 Å². The van der Waals surface area contributed by atoms with Crippen LogP contribution in [0.3, 0.4) is 0 Å². The Morgan fingerprint density at radius 1 is 1.03 bits per heavy atom. The molecule has 0 aliphatic carbocycles. The number of sulfonamides is 1. The summed E-state index contributed by atoms with van der Waals surface area (Å²) in [5, 5.41) is 2.60. The molecular weight excluding hydrogens is 490 g/mol. The number of likely N-dealkylation sites (N-methyl/N-ethyl adjacent to an activating group) is 1. The zero-order chi connectivity index (χ0) is 26.4. The lowest BCUT2D eigenvalue weighted by Gasteiger charge is -2.25. The van der Waals surface area contributed by atoms with Crippen molar-refractivity contribution in [3.8, 4) is 5.75 Å². The molecule has 0 spiro atoms. The van der Waals surface area contributed by atoms with E-state index >= 15 is 0 Å². The standard InChI is InChI=1S/C28H31N3O5S/c1-3-9-21-12-7-8-13-26(21)37(34,35)30-28(33)29-24(18-20-10-5-4-6-11-20)27(32)31(2)23-14-15-25-22(19-23)16-17-36-25/h4-8,10-15,19,24H,3,9,16-18H2,1-2H3,(H2,29,30,33)/t24-/m0/s1. The Bertz CT molecular complexity index is 1380. The molecule has 37 heavy (non-hydrogen) atoms. The molecule has 8 nitrogen and oxygen atoms in total. The number of anilines is 1. The lowest BCUT2D eigenvalue weighted by molar-refractivity contribution is -0.120. The molecule has 1 aliphatic heterocycles. The van der Waals surface area contributed by atoms with Crippen LogP contribution in [0, 0.1) is 0 Å². The first-order chi connectivity index (χ1) is 17.8. The molecule has 3 amide bonds. The summed E-state index contributed by atoms with van der Waals surface area (Å²) in [6.45, 7) is 2.55. The second-order valence-corrected chi connectivity index (χ2v) is 10.6. The second kappa shape index (κ2) is 11.5. The van der Waals surface area contributed by atoms with Crippen LogP contribution in [-0.4, -0.2) is 40.1 Å². The van der Waals surface area contributed by atoms with Gasteiger partial charge in [0.05, 0.1) is 11.5 Å². The van der Waals surface area contributed by atoms with Crippen molar-refractivity contribution in [3.05, 3.63) is 89.5 Å². The van der Waals surface area contributed by atoms with Crippen molar-refractivity contribution in [1.29, 1.82) is 0 Å². The van der Waals surface area contributed by atoms with E-state index in [2.05, 4.69) is 10.0 Å². The molecule has 0 radical (unpaired) electrons. The molecule has 3 aromatic carbocycles. The first kappa shape index (κ1) is 26.2. The minimum atomic E-state index is -4.14. The van der Waals surface area contributed by atoms with E-state index in [1.165, 1.54) is 11.0 Å². The molecule has 0 unspecified atom stereocenters. The number of hydrogen-bond acceptors (Lipinski definition) is 5. The third-order valence-electron chi connectivity index (χ3n) is 6.29. The fraction of sp³-hybridized carbons (Fsp3) is 0.286. The highest BCUT2D eigenvalue weighted by Crippen LogP contribution is 2.29. The molecule has 194 valence electrons. The molecule has 2 N–H and O–H groups in total. The van der Waals surface area contributed by atoms with Crippen LogP contribution in [0.1, 0.15) is 30.0 Å². The maximum Gasteiger partial charge on any atom is 0.329 e. The van der Waals surface area contributed by atoms with Crippen LogP contribution >= 0.6 is 0 Å². The first-order valence-corrected chi connectivity index (χ1v) is 13.7. The van der Waals surface area contributed by atoms with Crippen molar-refractivity contribution in [3.63, 3.8) is 0 Å². The third-order valence-corrected chi connectivity index (χ3v) is 7.72. The molecule has 1 aliphatic rings.